The van der Waals surface area contributed by atoms with Gasteiger partial charge < -0.3 is 9.84 Å². The average Bonchev–Trinajstić information content (AvgIpc) is 2.66. The largest absolute Gasteiger partial charge is 0.504 e. The molecule has 1 heterocycles. The summed E-state index contributed by atoms with van der Waals surface area (Å²) in [5, 5.41) is 10.9. The van der Waals surface area contributed by atoms with E-state index in [1.165, 1.54) is 17.6 Å². The molecule has 3 rings (SSSR count). The molecule has 1 N–H and O–H groups in total. The zero-order valence-corrected chi connectivity index (χ0v) is 14.3. The minimum absolute atomic E-state index is 0.0595. The van der Waals surface area contributed by atoms with Crippen LogP contribution in [0.3, 0.4) is 0 Å². The highest BCUT2D eigenvalue weighted by Crippen LogP contribution is 2.48. The Bertz CT molecular complexity index is 635. The summed E-state index contributed by atoms with van der Waals surface area (Å²) in [6.07, 6.45) is 9.05. The molecule has 0 bridgehead atoms. The fourth-order valence-corrected chi connectivity index (χ4v) is 4.13. The van der Waals surface area contributed by atoms with Crippen molar-refractivity contribution < 1.29 is 9.84 Å². The number of hydrogen-bond acceptors (Lipinski definition) is 3. The van der Waals surface area contributed by atoms with Crippen LogP contribution in [0.5, 0.6) is 11.5 Å². The lowest BCUT2D eigenvalue weighted by Gasteiger charge is -2.35. The molecule has 1 aromatic rings. The number of phenols is 1. The molecule has 1 unspecified atom stereocenters. The Balaban J connectivity index is 2.10. The molecule has 3 heteroatoms. The van der Waals surface area contributed by atoms with Crippen LogP contribution in [0.25, 0.3) is 0 Å². The van der Waals surface area contributed by atoms with E-state index < -0.39 is 0 Å². The number of fused-ring (bicyclic) bond motifs is 2. The summed E-state index contributed by atoms with van der Waals surface area (Å²) in [6, 6.07) is 4.01. The Kier molecular flexibility index (Phi) is 4.49. The van der Waals surface area contributed by atoms with Gasteiger partial charge in [-0.3, -0.25) is 4.90 Å². The molecule has 0 fully saturated rings. The van der Waals surface area contributed by atoms with Crippen molar-refractivity contribution in [2.24, 2.45) is 0 Å². The van der Waals surface area contributed by atoms with Gasteiger partial charge >= 0.3 is 0 Å². The van der Waals surface area contributed by atoms with E-state index in [0.717, 1.165) is 44.5 Å². The molecule has 1 spiro atoms. The average molecular weight is 313 g/mol. The molecular weight excluding hydrogens is 286 g/mol. The van der Waals surface area contributed by atoms with Crippen molar-refractivity contribution in [1.82, 2.24) is 4.90 Å². The number of benzene rings is 1. The van der Waals surface area contributed by atoms with Crippen LogP contribution in [-0.4, -0.2) is 30.2 Å². The van der Waals surface area contributed by atoms with E-state index in [1.54, 1.807) is 7.11 Å². The summed E-state index contributed by atoms with van der Waals surface area (Å²) in [5.41, 5.74) is 3.42. The molecule has 2 aliphatic rings. The van der Waals surface area contributed by atoms with Crippen LogP contribution < -0.4 is 4.74 Å². The zero-order valence-electron chi connectivity index (χ0n) is 14.3. The van der Waals surface area contributed by atoms with Gasteiger partial charge in [0.2, 0.25) is 0 Å². The van der Waals surface area contributed by atoms with Gasteiger partial charge in [0.1, 0.15) is 0 Å². The first-order valence-electron chi connectivity index (χ1n) is 8.49. The topological polar surface area (TPSA) is 32.7 Å². The Labute approximate surface area is 139 Å². The summed E-state index contributed by atoms with van der Waals surface area (Å²) in [7, 11) is 1.62. The lowest BCUT2D eigenvalue weighted by atomic mass is 9.70. The maximum absolute atomic E-state index is 10.9. The lowest BCUT2D eigenvalue weighted by Crippen LogP contribution is -2.30. The molecule has 1 atom stereocenters. The third-order valence-corrected chi connectivity index (χ3v) is 5.14. The van der Waals surface area contributed by atoms with Crippen LogP contribution in [0.2, 0.25) is 0 Å². The first kappa shape index (κ1) is 16.1. The Morgan fingerprint density at radius 2 is 2.22 bits per heavy atom. The second kappa shape index (κ2) is 6.40. The Morgan fingerprint density at radius 1 is 1.39 bits per heavy atom. The summed E-state index contributed by atoms with van der Waals surface area (Å²) >= 11 is 0. The maximum Gasteiger partial charge on any atom is 0.162 e. The molecular formula is C20H27NO2. The van der Waals surface area contributed by atoms with Gasteiger partial charge in [-0.2, -0.15) is 0 Å². The normalized spacial score (nSPS) is 24.3. The Hall–Kier alpha value is -1.74. The van der Waals surface area contributed by atoms with Gasteiger partial charge in [0.25, 0.3) is 0 Å². The molecule has 1 aliphatic heterocycles. The van der Waals surface area contributed by atoms with Crippen molar-refractivity contribution >= 4 is 0 Å². The number of phenolic OH excluding ortho intramolecular Hbond substituents is 1. The van der Waals surface area contributed by atoms with Crippen LogP contribution in [0.15, 0.2) is 36.4 Å². The fourth-order valence-electron chi connectivity index (χ4n) is 4.13. The van der Waals surface area contributed by atoms with Crippen molar-refractivity contribution in [3.8, 4) is 11.5 Å². The number of nitrogens with zero attached hydrogens (tertiary/aromatic N) is 1. The minimum Gasteiger partial charge on any atom is -0.504 e. The number of rotatable bonds is 3. The third kappa shape index (κ3) is 3.02. The molecule has 1 aromatic carbocycles. The first-order valence-corrected chi connectivity index (χ1v) is 8.49. The van der Waals surface area contributed by atoms with E-state index in [4.69, 9.17) is 4.74 Å². The maximum atomic E-state index is 10.9. The van der Waals surface area contributed by atoms with Gasteiger partial charge in [-0.1, -0.05) is 30.4 Å². The van der Waals surface area contributed by atoms with Crippen molar-refractivity contribution in [3.05, 3.63) is 47.6 Å². The van der Waals surface area contributed by atoms with Crippen molar-refractivity contribution in [2.45, 2.75) is 44.6 Å². The van der Waals surface area contributed by atoms with Gasteiger partial charge in [-0.25, -0.2) is 0 Å². The standard InChI is InChI=1S/C20H27NO2/c1-15(2)13-21-12-11-20(9-5-4-6-10-20)18-16(14-21)7-8-17(23-3)19(18)22/h5,7-9,22H,1,4,6,10-14H2,2-3H3. The molecule has 0 radical (unpaired) electrons. The molecule has 0 saturated heterocycles. The minimum atomic E-state index is -0.0595. The predicted octanol–water partition coefficient (Wildman–Crippen LogP) is 4.16. The monoisotopic (exact) mass is 313 g/mol. The number of aromatic hydroxyl groups is 1. The van der Waals surface area contributed by atoms with Gasteiger partial charge in [-0.05, 0) is 50.8 Å². The van der Waals surface area contributed by atoms with Gasteiger partial charge in [0, 0.05) is 24.1 Å². The first-order chi connectivity index (χ1) is 11.1. The quantitative estimate of drug-likeness (QED) is 0.851. The summed E-state index contributed by atoms with van der Waals surface area (Å²) in [5.74, 6) is 0.907. The molecule has 0 saturated carbocycles. The molecule has 3 nitrogen and oxygen atoms in total. The number of methoxy groups -OCH3 is 1. The highest BCUT2D eigenvalue weighted by molar-refractivity contribution is 5.56. The molecule has 0 aromatic heterocycles. The van der Waals surface area contributed by atoms with Crippen molar-refractivity contribution in [1.29, 1.82) is 0 Å². The van der Waals surface area contributed by atoms with E-state index >= 15 is 0 Å². The second-order valence-electron chi connectivity index (χ2n) is 7.02. The number of hydrogen-bond donors (Lipinski definition) is 1. The summed E-state index contributed by atoms with van der Waals surface area (Å²) < 4.78 is 5.38. The molecule has 23 heavy (non-hydrogen) atoms. The Morgan fingerprint density at radius 3 is 2.87 bits per heavy atom. The van der Waals surface area contributed by atoms with Crippen LogP contribution in [-0.2, 0) is 12.0 Å². The van der Waals surface area contributed by atoms with E-state index in [1.807, 2.05) is 6.07 Å². The van der Waals surface area contributed by atoms with E-state index in [-0.39, 0.29) is 5.41 Å². The second-order valence-corrected chi connectivity index (χ2v) is 7.02. The lowest BCUT2D eigenvalue weighted by molar-refractivity contribution is 0.270. The summed E-state index contributed by atoms with van der Waals surface area (Å²) in [4.78, 5) is 2.43. The van der Waals surface area contributed by atoms with Crippen LogP contribution in [0.1, 0.15) is 43.7 Å². The molecule has 0 amide bonds. The van der Waals surface area contributed by atoms with Crippen LogP contribution >= 0.6 is 0 Å². The predicted molar refractivity (Wildman–Crippen MR) is 94.0 cm³/mol. The fraction of sp³-hybridized carbons (Fsp3) is 0.500. The van der Waals surface area contributed by atoms with Gasteiger partial charge in [-0.15, -0.1) is 0 Å². The smallest absolute Gasteiger partial charge is 0.162 e. The van der Waals surface area contributed by atoms with E-state index in [0.29, 0.717) is 11.5 Å². The summed E-state index contributed by atoms with van der Waals surface area (Å²) in [6.45, 7) is 8.92. The van der Waals surface area contributed by atoms with Crippen molar-refractivity contribution in [3.63, 3.8) is 0 Å². The SMILES string of the molecule is C=C(C)CN1CCC2(C=CCCC2)c2c(ccc(OC)c2O)C1. The van der Waals surface area contributed by atoms with E-state index in [9.17, 15) is 5.11 Å². The van der Waals surface area contributed by atoms with Gasteiger partial charge in [0.15, 0.2) is 11.5 Å². The van der Waals surface area contributed by atoms with Crippen LogP contribution in [0, 0.1) is 0 Å². The number of allylic oxidation sites excluding steroid dienone is 2. The third-order valence-electron chi connectivity index (χ3n) is 5.14. The van der Waals surface area contributed by atoms with Crippen molar-refractivity contribution in [2.75, 3.05) is 20.2 Å². The number of ether oxygens (including phenoxy) is 1. The highest BCUT2D eigenvalue weighted by atomic mass is 16.5. The highest BCUT2D eigenvalue weighted by Gasteiger charge is 2.38. The zero-order chi connectivity index (χ0) is 16.4. The van der Waals surface area contributed by atoms with Gasteiger partial charge in [0.05, 0.1) is 7.11 Å². The van der Waals surface area contributed by atoms with E-state index in [2.05, 4.69) is 36.6 Å². The van der Waals surface area contributed by atoms with Crippen LogP contribution in [0.4, 0.5) is 0 Å². The molecule has 124 valence electrons. The molecule has 1 aliphatic carbocycles.